The highest BCUT2D eigenvalue weighted by Gasteiger charge is 2.23. The van der Waals surface area contributed by atoms with Crippen molar-refractivity contribution in [1.82, 2.24) is 9.78 Å². The standard InChI is InChI=1S/C15H16N2O4/c1-10(11-7-5-4-6-8-11)17-13(15(19)21-3)9-12(16-17)14(18)20-2/h4-10H,1-3H3/t10-/m0/s1. The molecule has 0 aliphatic rings. The summed E-state index contributed by atoms with van der Waals surface area (Å²) < 4.78 is 10.8. The molecule has 6 heteroatoms. The highest BCUT2D eigenvalue weighted by atomic mass is 16.5. The van der Waals surface area contributed by atoms with E-state index in [1.807, 2.05) is 37.3 Å². The minimum absolute atomic E-state index is 0.0701. The number of esters is 2. The van der Waals surface area contributed by atoms with Gasteiger partial charge in [-0.1, -0.05) is 30.3 Å². The van der Waals surface area contributed by atoms with Gasteiger partial charge in [-0.05, 0) is 12.5 Å². The first kappa shape index (κ1) is 14.8. The van der Waals surface area contributed by atoms with Crippen molar-refractivity contribution in [2.45, 2.75) is 13.0 Å². The van der Waals surface area contributed by atoms with Gasteiger partial charge in [0.2, 0.25) is 0 Å². The fourth-order valence-electron chi connectivity index (χ4n) is 2.02. The maximum absolute atomic E-state index is 11.9. The molecule has 0 unspecified atom stereocenters. The molecule has 0 saturated carbocycles. The zero-order valence-electron chi connectivity index (χ0n) is 12.1. The number of hydrogen-bond acceptors (Lipinski definition) is 5. The minimum Gasteiger partial charge on any atom is -0.464 e. The first-order valence-corrected chi connectivity index (χ1v) is 6.39. The van der Waals surface area contributed by atoms with Crippen molar-refractivity contribution in [3.8, 4) is 0 Å². The molecule has 0 amide bonds. The van der Waals surface area contributed by atoms with E-state index < -0.39 is 11.9 Å². The lowest BCUT2D eigenvalue weighted by Crippen LogP contribution is -2.16. The molecule has 1 atom stereocenters. The topological polar surface area (TPSA) is 70.4 Å². The molecule has 0 fully saturated rings. The Balaban J connectivity index is 2.48. The fraction of sp³-hybridized carbons (Fsp3) is 0.267. The number of carbonyl (C=O) groups is 2. The summed E-state index contributed by atoms with van der Waals surface area (Å²) in [5, 5.41) is 4.17. The van der Waals surface area contributed by atoms with Gasteiger partial charge >= 0.3 is 11.9 Å². The van der Waals surface area contributed by atoms with Crippen LogP contribution in [0.4, 0.5) is 0 Å². The molecular formula is C15H16N2O4. The highest BCUT2D eigenvalue weighted by molar-refractivity contribution is 5.93. The molecule has 0 radical (unpaired) electrons. The number of ether oxygens (including phenoxy) is 2. The average molecular weight is 288 g/mol. The van der Waals surface area contributed by atoms with Crippen LogP contribution in [0.25, 0.3) is 0 Å². The zero-order valence-corrected chi connectivity index (χ0v) is 12.1. The Kier molecular flexibility index (Phi) is 4.37. The molecule has 21 heavy (non-hydrogen) atoms. The molecule has 1 heterocycles. The van der Waals surface area contributed by atoms with Crippen molar-refractivity contribution in [2.24, 2.45) is 0 Å². The molecule has 1 aromatic heterocycles. The number of rotatable bonds is 4. The summed E-state index contributed by atoms with van der Waals surface area (Å²) in [6.45, 7) is 1.88. The van der Waals surface area contributed by atoms with E-state index in [1.54, 1.807) is 0 Å². The summed E-state index contributed by atoms with van der Waals surface area (Å²) in [6.07, 6.45) is 0. The molecule has 2 aromatic rings. The Morgan fingerprint density at radius 2 is 1.71 bits per heavy atom. The molecule has 0 aliphatic carbocycles. The van der Waals surface area contributed by atoms with Gasteiger partial charge in [-0.15, -0.1) is 0 Å². The molecule has 0 aliphatic heterocycles. The van der Waals surface area contributed by atoms with E-state index in [9.17, 15) is 9.59 Å². The van der Waals surface area contributed by atoms with Gasteiger partial charge in [0.15, 0.2) is 5.69 Å². The summed E-state index contributed by atoms with van der Waals surface area (Å²) in [7, 11) is 2.55. The number of methoxy groups -OCH3 is 2. The smallest absolute Gasteiger partial charge is 0.358 e. The lowest BCUT2D eigenvalue weighted by molar-refractivity contribution is 0.0579. The highest BCUT2D eigenvalue weighted by Crippen LogP contribution is 2.20. The first-order valence-electron chi connectivity index (χ1n) is 6.39. The summed E-state index contributed by atoms with van der Waals surface area (Å²) in [6, 6.07) is 10.7. The largest absolute Gasteiger partial charge is 0.464 e. The summed E-state index contributed by atoms with van der Waals surface area (Å²) in [5.74, 6) is -1.15. The van der Waals surface area contributed by atoms with Gasteiger partial charge in [0, 0.05) is 6.07 Å². The van der Waals surface area contributed by atoms with Gasteiger partial charge in [-0.2, -0.15) is 5.10 Å². The molecule has 2 rings (SSSR count). The lowest BCUT2D eigenvalue weighted by Gasteiger charge is -2.15. The van der Waals surface area contributed by atoms with Gasteiger partial charge in [0.25, 0.3) is 0 Å². The van der Waals surface area contributed by atoms with Gasteiger partial charge in [-0.3, -0.25) is 4.68 Å². The molecule has 110 valence electrons. The SMILES string of the molecule is COC(=O)c1cc(C(=O)OC)n([C@@H](C)c2ccccc2)n1. The second kappa shape index (κ2) is 6.21. The van der Waals surface area contributed by atoms with E-state index in [0.717, 1.165) is 5.56 Å². The maximum atomic E-state index is 11.9. The molecule has 0 N–H and O–H groups in total. The fourth-order valence-corrected chi connectivity index (χ4v) is 2.02. The Morgan fingerprint density at radius 1 is 1.10 bits per heavy atom. The number of carbonyl (C=O) groups excluding carboxylic acids is 2. The van der Waals surface area contributed by atoms with Crippen molar-refractivity contribution in [2.75, 3.05) is 14.2 Å². The van der Waals surface area contributed by atoms with Crippen molar-refractivity contribution in [1.29, 1.82) is 0 Å². The van der Waals surface area contributed by atoms with Crippen LogP contribution in [-0.2, 0) is 9.47 Å². The number of aromatic nitrogens is 2. The molecule has 0 bridgehead atoms. The predicted octanol–water partition coefficient (Wildman–Crippen LogP) is 2.07. The van der Waals surface area contributed by atoms with E-state index in [4.69, 9.17) is 4.74 Å². The van der Waals surface area contributed by atoms with Crippen LogP contribution in [0.5, 0.6) is 0 Å². The molecule has 0 spiro atoms. The normalized spacial score (nSPS) is 11.8. The van der Waals surface area contributed by atoms with Crippen LogP contribution >= 0.6 is 0 Å². The minimum atomic E-state index is -0.598. The van der Waals surface area contributed by atoms with Crippen molar-refractivity contribution in [3.05, 3.63) is 53.3 Å². The van der Waals surface area contributed by atoms with E-state index in [0.29, 0.717) is 0 Å². The second-order valence-electron chi connectivity index (χ2n) is 4.43. The van der Waals surface area contributed by atoms with E-state index in [1.165, 1.54) is 25.0 Å². The third-order valence-corrected chi connectivity index (χ3v) is 3.17. The number of benzene rings is 1. The van der Waals surface area contributed by atoms with Crippen LogP contribution in [0, 0.1) is 0 Å². The Morgan fingerprint density at radius 3 is 2.29 bits per heavy atom. The summed E-state index contributed by atoms with van der Waals surface area (Å²) >= 11 is 0. The summed E-state index contributed by atoms with van der Waals surface area (Å²) in [4.78, 5) is 23.5. The first-order chi connectivity index (χ1) is 10.1. The predicted molar refractivity (Wildman–Crippen MR) is 75.2 cm³/mol. The van der Waals surface area contributed by atoms with E-state index in [-0.39, 0.29) is 17.4 Å². The van der Waals surface area contributed by atoms with Crippen LogP contribution < -0.4 is 0 Å². The molecule has 6 nitrogen and oxygen atoms in total. The van der Waals surface area contributed by atoms with Crippen molar-refractivity contribution >= 4 is 11.9 Å². The van der Waals surface area contributed by atoms with E-state index in [2.05, 4.69) is 9.84 Å². The van der Waals surface area contributed by atoms with Crippen LogP contribution in [0.2, 0.25) is 0 Å². The van der Waals surface area contributed by atoms with Gasteiger partial charge in [0.05, 0.1) is 20.3 Å². The maximum Gasteiger partial charge on any atom is 0.358 e. The van der Waals surface area contributed by atoms with Gasteiger partial charge in [-0.25, -0.2) is 9.59 Å². The van der Waals surface area contributed by atoms with Crippen LogP contribution in [-0.4, -0.2) is 35.9 Å². The molecule has 0 saturated heterocycles. The molecule has 1 aromatic carbocycles. The number of hydrogen-bond donors (Lipinski definition) is 0. The van der Waals surface area contributed by atoms with Crippen LogP contribution in [0.1, 0.15) is 39.5 Å². The van der Waals surface area contributed by atoms with Gasteiger partial charge in [0.1, 0.15) is 5.69 Å². The van der Waals surface area contributed by atoms with Crippen molar-refractivity contribution in [3.63, 3.8) is 0 Å². The van der Waals surface area contributed by atoms with Crippen LogP contribution in [0.3, 0.4) is 0 Å². The third kappa shape index (κ3) is 2.94. The Hall–Kier alpha value is -2.63. The van der Waals surface area contributed by atoms with Crippen molar-refractivity contribution < 1.29 is 19.1 Å². The zero-order chi connectivity index (χ0) is 15.4. The molecular weight excluding hydrogens is 272 g/mol. The van der Waals surface area contributed by atoms with Crippen LogP contribution in [0.15, 0.2) is 36.4 Å². The third-order valence-electron chi connectivity index (χ3n) is 3.17. The Labute approximate surface area is 122 Å². The Bertz CT molecular complexity index is 649. The number of nitrogens with zero attached hydrogens (tertiary/aromatic N) is 2. The average Bonchev–Trinajstić information content (AvgIpc) is 2.98. The van der Waals surface area contributed by atoms with E-state index >= 15 is 0 Å². The summed E-state index contributed by atoms with van der Waals surface area (Å²) in [5.41, 5.74) is 1.23. The quantitative estimate of drug-likeness (QED) is 0.805. The monoisotopic (exact) mass is 288 g/mol. The lowest BCUT2D eigenvalue weighted by atomic mass is 10.1. The van der Waals surface area contributed by atoms with Gasteiger partial charge < -0.3 is 9.47 Å². The second-order valence-corrected chi connectivity index (χ2v) is 4.43.